The number of hydrogen-bond donors (Lipinski definition) is 0. The van der Waals surface area contributed by atoms with Gasteiger partial charge in [-0.2, -0.15) is 5.10 Å². The standard InChI is InChI=1S/C16H18N2O3/c1-10(2)18-15(14(20-3)8-17-18)16(19)12-9-21-13-7-5-4-6-11(12)13/h4-8,10,12H,9H2,1-3H3. The molecule has 1 aromatic heterocycles. The molecule has 1 aromatic carbocycles. The van der Waals surface area contributed by atoms with E-state index < -0.39 is 0 Å². The minimum Gasteiger partial charge on any atom is -0.493 e. The van der Waals surface area contributed by atoms with E-state index in [2.05, 4.69) is 5.10 Å². The number of nitrogens with zero attached hydrogens (tertiary/aromatic N) is 2. The molecular formula is C16H18N2O3. The molecule has 0 aliphatic carbocycles. The van der Waals surface area contributed by atoms with E-state index in [1.165, 1.54) is 0 Å². The SMILES string of the molecule is COc1cnn(C(C)C)c1C(=O)C1COc2ccccc21. The third-order valence-electron chi connectivity index (χ3n) is 3.72. The van der Waals surface area contributed by atoms with Crippen LogP contribution in [0.25, 0.3) is 0 Å². The van der Waals surface area contributed by atoms with Crippen molar-refractivity contribution in [1.82, 2.24) is 9.78 Å². The molecule has 5 heteroatoms. The van der Waals surface area contributed by atoms with E-state index in [-0.39, 0.29) is 17.7 Å². The summed E-state index contributed by atoms with van der Waals surface area (Å²) >= 11 is 0. The highest BCUT2D eigenvalue weighted by atomic mass is 16.5. The first kappa shape index (κ1) is 13.7. The number of fused-ring (bicyclic) bond motifs is 1. The topological polar surface area (TPSA) is 53.4 Å². The van der Waals surface area contributed by atoms with Crippen molar-refractivity contribution in [2.75, 3.05) is 13.7 Å². The summed E-state index contributed by atoms with van der Waals surface area (Å²) in [5.74, 6) is 0.982. The van der Waals surface area contributed by atoms with Crippen LogP contribution >= 0.6 is 0 Å². The molecule has 1 atom stereocenters. The summed E-state index contributed by atoms with van der Waals surface area (Å²) in [6, 6.07) is 7.74. The fourth-order valence-corrected chi connectivity index (χ4v) is 2.67. The van der Waals surface area contributed by atoms with Gasteiger partial charge in [-0.05, 0) is 19.9 Å². The Morgan fingerprint density at radius 1 is 1.43 bits per heavy atom. The number of rotatable bonds is 4. The molecule has 0 spiro atoms. The minimum absolute atomic E-state index is 0.0111. The van der Waals surface area contributed by atoms with E-state index in [1.54, 1.807) is 18.0 Å². The molecule has 0 fully saturated rings. The van der Waals surface area contributed by atoms with Crippen LogP contribution in [0.2, 0.25) is 0 Å². The molecule has 1 aliphatic heterocycles. The average Bonchev–Trinajstić information content (AvgIpc) is 3.10. The maximum absolute atomic E-state index is 13.0. The molecule has 0 radical (unpaired) electrons. The Morgan fingerprint density at radius 3 is 2.90 bits per heavy atom. The van der Waals surface area contributed by atoms with Crippen LogP contribution < -0.4 is 9.47 Å². The van der Waals surface area contributed by atoms with Crippen molar-refractivity contribution in [1.29, 1.82) is 0 Å². The summed E-state index contributed by atoms with van der Waals surface area (Å²) in [5, 5.41) is 4.26. The van der Waals surface area contributed by atoms with Gasteiger partial charge in [0.15, 0.2) is 11.5 Å². The van der Waals surface area contributed by atoms with E-state index in [9.17, 15) is 4.79 Å². The second-order valence-corrected chi connectivity index (χ2v) is 5.37. The highest BCUT2D eigenvalue weighted by Gasteiger charge is 2.34. The van der Waals surface area contributed by atoms with Crippen molar-refractivity contribution < 1.29 is 14.3 Å². The van der Waals surface area contributed by atoms with Gasteiger partial charge in [-0.25, -0.2) is 0 Å². The Morgan fingerprint density at radius 2 is 2.19 bits per heavy atom. The van der Waals surface area contributed by atoms with Crippen molar-refractivity contribution in [2.45, 2.75) is 25.8 Å². The summed E-state index contributed by atoms with van der Waals surface area (Å²) < 4.78 is 12.6. The number of benzene rings is 1. The fraction of sp³-hybridized carbons (Fsp3) is 0.375. The van der Waals surface area contributed by atoms with Crippen molar-refractivity contribution in [3.05, 3.63) is 41.7 Å². The van der Waals surface area contributed by atoms with Crippen LogP contribution in [-0.2, 0) is 0 Å². The number of aromatic nitrogens is 2. The van der Waals surface area contributed by atoms with Crippen LogP contribution in [0.1, 0.15) is 41.9 Å². The predicted octanol–water partition coefficient (Wildman–Crippen LogP) is 2.83. The monoisotopic (exact) mass is 286 g/mol. The van der Waals surface area contributed by atoms with E-state index >= 15 is 0 Å². The maximum atomic E-state index is 13.0. The quantitative estimate of drug-likeness (QED) is 0.811. The van der Waals surface area contributed by atoms with Gasteiger partial charge in [0.05, 0.1) is 19.2 Å². The Balaban J connectivity index is 2.02. The van der Waals surface area contributed by atoms with Crippen LogP contribution in [0.3, 0.4) is 0 Å². The van der Waals surface area contributed by atoms with Crippen molar-refractivity contribution in [3.8, 4) is 11.5 Å². The number of ether oxygens (including phenoxy) is 2. The molecule has 110 valence electrons. The van der Waals surface area contributed by atoms with E-state index in [4.69, 9.17) is 9.47 Å². The third-order valence-corrected chi connectivity index (χ3v) is 3.72. The molecule has 0 saturated carbocycles. The second kappa shape index (κ2) is 5.24. The Kier molecular flexibility index (Phi) is 3.41. The first-order valence-electron chi connectivity index (χ1n) is 7.01. The summed E-state index contributed by atoms with van der Waals surface area (Å²) in [6.45, 7) is 4.34. The first-order chi connectivity index (χ1) is 10.1. The van der Waals surface area contributed by atoms with Crippen LogP contribution in [-0.4, -0.2) is 29.3 Å². The molecule has 21 heavy (non-hydrogen) atoms. The van der Waals surface area contributed by atoms with Gasteiger partial charge in [0.25, 0.3) is 0 Å². The van der Waals surface area contributed by atoms with Gasteiger partial charge in [-0.1, -0.05) is 18.2 Å². The molecule has 0 bridgehead atoms. The lowest BCUT2D eigenvalue weighted by atomic mass is 9.94. The van der Waals surface area contributed by atoms with Crippen molar-refractivity contribution in [3.63, 3.8) is 0 Å². The second-order valence-electron chi connectivity index (χ2n) is 5.37. The summed E-state index contributed by atoms with van der Waals surface area (Å²) in [7, 11) is 1.55. The van der Waals surface area contributed by atoms with Gasteiger partial charge in [0.2, 0.25) is 0 Å². The predicted molar refractivity (Wildman–Crippen MR) is 78.2 cm³/mol. The molecular weight excluding hydrogens is 268 g/mol. The zero-order valence-electron chi connectivity index (χ0n) is 12.4. The average molecular weight is 286 g/mol. The van der Waals surface area contributed by atoms with Gasteiger partial charge < -0.3 is 9.47 Å². The first-order valence-corrected chi connectivity index (χ1v) is 7.01. The highest BCUT2D eigenvalue weighted by molar-refractivity contribution is 6.02. The van der Waals surface area contributed by atoms with Crippen molar-refractivity contribution >= 4 is 5.78 Å². The number of methoxy groups -OCH3 is 1. The summed E-state index contributed by atoms with van der Waals surface area (Å²) in [6.07, 6.45) is 1.59. The zero-order chi connectivity index (χ0) is 15.0. The molecule has 5 nitrogen and oxygen atoms in total. The number of carbonyl (C=O) groups is 1. The molecule has 0 saturated heterocycles. The van der Waals surface area contributed by atoms with Crippen LogP contribution in [0.15, 0.2) is 30.5 Å². The van der Waals surface area contributed by atoms with Gasteiger partial charge in [-0.15, -0.1) is 0 Å². The van der Waals surface area contributed by atoms with Crippen LogP contribution in [0.5, 0.6) is 11.5 Å². The molecule has 2 heterocycles. The zero-order valence-corrected chi connectivity index (χ0v) is 12.4. The molecule has 2 aromatic rings. The third kappa shape index (κ3) is 2.18. The molecule has 3 rings (SSSR count). The van der Waals surface area contributed by atoms with E-state index in [1.807, 2.05) is 38.1 Å². The fourth-order valence-electron chi connectivity index (χ4n) is 2.67. The van der Waals surface area contributed by atoms with Gasteiger partial charge in [0, 0.05) is 11.6 Å². The Bertz CT molecular complexity index is 676. The van der Waals surface area contributed by atoms with Gasteiger partial charge in [0.1, 0.15) is 18.1 Å². The van der Waals surface area contributed by atoms with Gasteiger partial charge in [-0.3, -0.25) is 9.48 Å². The molecule has 0 amide bonds. The number of ketones is 1. The number of para-hydroxylation sites is 1. The number of carbonyl (C=O) groups excluding carboxylic acids is 1. The normalized spacial score (nSPS) is 16.7. The lowest BCUT2D eigenvalue weighted by Gasteiger charge is -2.14. The van der Waals surface area contributed by atoms with Crippen molar-refractivity contribution in [2.24, 2.45) is 0 Å². The smallest absolute Gasteiger partial charge is 0.195 e. The summed E-state index contributed by atoms with van der Waals surface area (Å²) in [5.41, 5.74) is 1.44. The lowest BCUT2D eigenvalue weighted by Crippen LogP contribution is -2.20. The molecule has 1 unspecified atom stereocenters. The maximum Gasteiger partial charge on any atom is 0.195 e. The lowest BCUT2D eigenvalue weighted by molar-refractivity contribution is 0.0931. The Labute approximate surface area is 123 Å². The van der Waals surface area contributed by atoms with Gasteiger partial charge >= 0.3 is 0 Å². The largest absolute Gasteiger partial charge is 0.493 e. The minimum atomic E-state index is -0.302. The van der Waals surface area contributed by atoms with E-state index in [0.717, 1.165) is 11.3 Å². The van der Waals surface area contributed by atoms with E-state index in [0.29, 0.717) is 18.1 Å². The van der Waals surface area contributed by atoms with Crippen LogP contribution in [0.4, 0.5) is 0 Å². The molecule has 0 N–H and O–H groups in total. The Hall–Kier alpha value is -2.30. The highest BCUT2D eigenvalue weighted by Crippen LogP contribution is 2.37. The number of hydrogen-bond acceptors (Lipinski definition) is 4. The molecule has 1 aliphatic rings. The summed E-state index contributed by atoms with van der Waals surface area (Å²) in [4.78, 5) is 13.0. The number of Topliss-reactive ketones (excluding diaryl/α,β-unsaturated/α-hetero) is 1. The van der Waals surface area contributed by atoms with Crippen LogP contribution in [0, 0.1) is 0 Å².